The van der Waals surface area contributed by atoms with Crippen LogP contribution in [-0.4, -0.2) is 47.3 Å². The largest absolute Gasteiger partial charge is 0.462 e. The van der Waals surface area contributed by atoms with E-state index in [-0.39, 0.29) is 23.9 Å². The van der Waals surface area contributed by atoms with Gasteiger partial charge in [-0.1, -0.05) is 20.8 Å². The van der Waals surface area contributed by atoms with E-state index in [0.717, 1.165) is 19.3 Å². The van der Waals surface area contributed by atoms with E-state index < -0.39 is 35.6 Å². The van der Waals surface area contributed by atoms with Crippen LogP contribution in [-0.2, 0) is 14.3 Å². The van der Waals surface area contributed by atoms with Gasteiger partial charge in [0, 0.05) is 0 Å². The van der Waals surface area contributed by atoms with Crippen molar-refractivity contribution in [3.8, 4) is 0 Å². The minimum atomic E-state index is -5.92. The third kappa shape index (κ3) is 5.80. The maximum atomic E-state index is 13.0. The molecule has 2 rings (SSSR count). The number of halogens is 6. The van der Waals surface area contributed by atoms with Crippen LogP contribution >= 0.6 is 0 Å². The molecule has 2 saturated carbocycles. The number of alkyl halides is 6. The van der Waals surface area contributed by atoms with Gasteiger partial charge in [0.25, 0.3) is 5.60 Å². The van der Waals surface area contributed by atoms with E-state index in [4.69, 9.17) is 9.47 Å². The van der Waals surface area contributed by atoms with Gasteiger partial charge in [0.05, 0.1) is 17.6 Å². The van der Waals surface area contributed by atoms with Crippen LogP contribution in [0.15, 0.2) is 0 Å². The third-order valence-electron chi connectivity index (χ3n) is 7.67. The fraction of sp³-hybridized carbons (Fsp3) is 0.957. The first-order valence-electron chi connectivity index (χ1n) is 11.6. The summed E-state index contributed by atoms with van der Waals surface area (Å²) in [6.45, 7) is 7.08. The van der Waals surface area contributed by atoms with Crippen molar-refractivity contribution in [3.63, 3.8) is 0 Å². The minimum absolute atomic E-state index is 0.200. The first-order valence-corrected chi connectivity index (χ1v) is 11.6. The minimum Gasteiger partial charge on any atom is -0.462 e. The molecular formula is C23H36F6O4. The van der Waals surface area contributed by atoms with E-state index in [1.807, 2.05) is 6.92 Å². The molecule has 2 atom stereocenters. The van der Waals surface area contributed by atoms with E-state index >= 15 is 0 Å². The van der Waals surface area contributed by atoms with Gasteiger partial charge in [0.2, 0.25) is 0 Å². The maximum Gasteiger partial charge on any atom is 0.428 e. The predicted molar refractivity (Wildman–Crippen MR) is 109 cm³/mol. The Hall–Kier alpha value is -1.03. The lowest BCUT2D eigenvalue weighted by atomic mass is 9.57. The molecule has 2 aliphatic rings. The molecule has 2 aliphatic carbocycles. The topological polar surface area (TPSA) is 55.8 Å². The summed E-state index contributed by atoms with van der Waals surface area (Å²) in [5, 5.41) is 9.34. The molecule has 0 spiro atoms. The Morgan fingerprint density at radius 2 is 1.52 bits per heavy atom. The molecule has 2 unspecified atom stereocenters. The first kappa shape index (κ1) is 28.2. The van der Waals surface area contributed by atoms with Gasteiger partial charge in [0.15, 0.2) is 0 Å². The molecule has 0 bridgehead atoms. The molecule has 194 valence electrons. The second-order valence-corrected chi connectivity index (χ2v) is 10.8. The molecule has 10 heteroatoms. The summed E-state index contributed by atoms with van der Waals surface area (Å²) in [5.41, 5.74) is -6.73. The van der Waals surface area contributed by atoms with Gasteiger partial charge < -0.3 is 14.6 Å². The lowest BCUT2D eigenvalue weighted by Gasteiger charge is -2.48. The second-order valence-electron chi connectivity index (χ2n) is 10.8. The molecular weight excluding hydrogens is 454 g/mol. The average Bonchev–Trinajstić information content (AvgIpc) is 2.67. The zero-order chi connectivity index (χ0) is 25.5. The fourth-order valence-corrected chi connectivity index (χ4v) is 5.08. The second kappa shape index (κ2) is 9.55. The number of carbonyl (C=O) groups is 1. The molecule has 0 radical (unpaired) electrons. The van der Waals surface area contributed by atoms with Crippen molar-refractivity contribution >= 4 is 5.97 Å². The summed E-state index contributed by atoms with van der Waals surface area (Å²) in [4.78, 5) is 13.0. The van der Waals surface area contributed by atoms with Crippen molar-refractivity contribution in [1.29, 1.82) is 0 Å². The number of aliphatic hydroxyl groups is 1. The Morgan fingerprint density at radius 3 is 1.88 bits per heavy atom. The van der Waals surface area contributed by atoms with Gasteiger partial charge in [-0.2, -0.15) is 26.3 Å². The molecule has 2 fully saturated rings. The van der Waals surface area contributed by atoms with E-state index in [0.29, 0.717) is 31.6 Å². The number of rotatable bonds is 8. The number of ether oxygens (including phenoxy) is 2. The number of esters is 1. The number of carbonyl (C=O) groups excluding carboxylic acids is 1. The van der Waals surface area contributed by atoms with Crippen molar-refractivity contribution in [1.82, 2.24) is 0 Å². The Balaban J connectivity index is 1.95. The van der Waals surface area contributed by atoms with Crippen molar-refractivity contribution in [2.75, 3.05) is 6.61 Å². The summed E-state index contributed by atoms with van der Waals surface area (Å²) in [7, 11) is 0. The molecule has 0 heterocycles. The zero-order valence-electron chi connectivity index (χ0n) is 19.9. The normalized spacial score (nSPS) is 29.7. The zero-order valence-corrected chi connectivity index (χ0v) is 19.9. The summed E-state index contributed by atoms with van der Waals surface area (Å²) < 4.78 is 88.4. The highest BCUT2D eigenvalue weighted by Crippen LogP contribution is 2.52. The van der Waals surface area contributed by atoms with Crippen molar-refractivity contribution in [2.24, 2.45) is 23.2 Å². The van der Waals surface area contributed by atoms with E-state index in [9.17, 15) is 36.2 Å². The van der Waals surface area contributed by atoms with E-state index in [1.54, 1.807) is 0 Å². The van der Waals surface area contributed by atoms with Crippen LogP contribution in [0.3, 0.4) is 0 Å². The standard InChI is InChI=1S/C23H36F6O4/c1-14(2)12-20(11-10-15(20)3)18(30)33-17-8-6-16(7-9-17)19(4,5)32-13-21(31,22(24,25)26)23(27,28)29/h14-17,31H,6-13H2,1-5H3. The van der Waals surface area contributed by atoms with Crippen molar-refractivity contribution in [2.45, 2.75) is 109 Å². The van der Waals surface area contributed by atoms with Crippen molar-refractivity contribution < 1.29 is 45.7 Å². The lowest BCUT2D eigenvalue weighted by Crippen LogP contribution is -2.61. The number of hydrogen-bond acceptors (Lipinski definition) is 4. The molecule has 0 saturated heterocycles. The summed E-state index contributed by atoms with van der Waals surface area (Å²) in [5.74, 6) is 0.0536. The van der Waals surface area contributed by atoms with Crippen molar-refractivity contribution in [3.05, 3.63) is 0 Å². The van der Waals surface area contributed by atoms with Crippen LogP contribution in [0.1, 0.15) is 79.6 Å². The number of hydrogen-bond donors (Lipinski definition) is 1. The Bertz CT molecular complexity index is 665. The predicted octanol–water partition coefficient (Wildman–Crippen LogP) is 6.20. The molecule has 0 aliphatic heterocycles. The van der Waals surface area contributed by atoms with Gasteiger partial charge >= 0.3 is 18.3 Å². The smallest absolute Gasteiger partial charge is 0.428 e. The molecule has 33 heavy (non-hydrogen) atoms. The van der Waals surface area contributed by atoms with Gasteiger partial charge in [-0.3, -0.25) is 4.79 Å². The fourth-order valence-electron chi connectivity index (χ4n) is 5.08. The SMILES string of the molecule is CC(C)CC1(C(=O)OC2CCC(C(C)(C)OCC(O)(C(F)(F)F)C(F)(F)F)CC2)CCC1C. The maximum absolute atomic E-state index is 13.0. The van der Waals surface area contributed by atoms with Gasteiger partial charge in [-0.05, 0) is 76.5 Å². The Kier molecular flexibility index (Phi) is 8.16. The van der Waals surface area contributed by atoms with Crippen LogP contribution in [0.5, 0.6) is 0 Å². The highest BCUT2D eigenvalue weighted by Gasteiger charge is 2.71. The quantitative estimate of drug-likeness (QED) is 0.325. The van der Waals surface area contributed by atoms with Gasteiger partial charge in [0.1, 0.15) is 6.10 Å². The first-order chi connectivity index (χ1) is 14.9. The molecule has 4 nitrogen and oxygen atoms in total. The highest BCUT2D eigenvalue weighted by molar-refractivity contribution is 5.78. The monoisotopic (exact) mass is 490 g/mol. The summed E-state index contributed by atoms with van der Waals surface area (Å²) in [6.07, 6.45) is -7.88. The highest BCUT2D eigenvalue weighted by atomic mass is 19.4. The Morgan fingerprint density at radius 1 is 1.00 bits per heavy atom. The van der Waals surface area contributed by atoms with E-state index in [2.05, 4.69) is 13.8 Å². The third-order valence-corrected chi connectivity index (χ3v) is 7.67. The van der Waals surface area contributed by atoms with Crippen LogP contribution in [0.25, 0.3) is 0 Å². The van der Waals surface area contributed by atoms with Gasteiger partial charge in [-0.15, -0.1) is 0 Å². The molecule has 0 aromatic rings. The lowest BCUT2D eigenvalue weighted by molar-refractivity contribution is -0.383. The van der Waals surface area contributed by atoms with Crippen LogP contribution in [0, 0.1) is 23.2 Å². The van der Waals surface area contributed by atoms with Gasteiger partial charge in [-0.25, -0.2) is 0 Å². The van der Waals surface area contributed by atoms with Crippen LogP contribution < -0.4 is 0 Å². The average molecular weight is 491 g/mol. The molecule has 0 amide bonds. The van der Waals surface area contributed by atoms with Crippen LogP contribution in [0.2, 0.25) is 0 Å². The molecule has 1 N–H and O–H groups in total. The summed E-state index contributed by atoms with van der Waals surface area (Å²) >= 11 is 0. The van der Waals surface area contributed by atoms with E-state index in [1.165, 1.54) is 13.8 Å². The van der Waals surface area contributed by atoms with Crippen LogP contribution in [0.4, 0.5) is 26.3 Å². The molecule has 0 aromatic heterocycles. The molecule has 0 aromatic carbocycles. The summed E-state index contributed by atoms with van der Waals surface area (Å²) in [6, 6.07) is 0. The Labute approximate surface area is 191 Å².